The average Bonchev–Trinajstić information content (AvgIpc) is 3.07. The normalized spacial score (nSPS) is 16.1. The summed E-state index contributed by atoms with van der Waals surface area (Å²) in [4.78, 5) is 29.2. The molecule has 0 spiro atoms. The van der Waals surface area contributed by atoms with Gasteiger partial charge >= 0.3 is 12.1 Å². The summed E-state index contributed by atoms with van der Waals surface area (Å²) < 4.78 is 69.7. The molecule has 1 aromatic carbocycles. The largest absolute Gasteiger partial charge is 0.465 e. The van der Waals surface area contributed by atoms with Gasteiger partial charge in [-0.2, -0.15) is 17.5 Å². The van der Waals surface area contributed by atoms with Crippen molar-refractivity contribution in [3.8, 4) is 0 Å². The summed E-state index contributed by atoms with van der Waals surface area (Å²) in [5.74, 6) is -0.785. The van der Waals surface area contributed by atoms with E-state index in [9.17, 15) is 31.2 Å². The molecule has 1 aromatic heterocycles. The third-order valence-corrected chi connectivity index (χ3v) is 7.54. The molecule has 0 bridgehead atoms. The quantitative estimate of drug-likeness (QED) is 0.497. The summed E-state index contributed by atoms with van der Waals surface area (Å²) in [6.45, 7) is 4.07. The summed E-state index contributed by atoms with van der Waals surface area (Å²) >= 11 is 0. The van der Waals surface area contributed by atoms with Crippen LogP contribution in [0.1, 0.15) is 37.7 Å². The molecule has 0 radical (unpaired) electrons. The van der Waals surface area contributed by atoms with E-state index in [4.69, 9.17) is 4.74 Å². The number of aryl methyl sites for hydroxylation is 1. The molecule has 0 saturated carbocycles. The van der Waals surface area contributed by atoms with E-state index in [-0.39, 0.29) is 43.4 Å². The minimum Gasteiger partial charge on any atom is -0.465 e. The van der Waals surface area contributed by atoms with Crippen LogP contribution in [0, 0.1) is 13.8 Å². The summed E-state index contributed by atoms with van der Waals surface area (Å²) in [5, 5.41) is 0. The van der Waals surface area contributed by atoms with Crippen molar-refractivity contribution >= 4 is 21.8 Å². The van der Waals surface area contributed by atoms with Gasteiger partial charge in [-0.1, -0.05) is 0 Å². The van der Waals surface area contributed by atoms with E-state index in [2.05, 4.69) is 4.98 Å². The van der Waals surface area contributed by atoms with Gasteiger partial charge in [0.15, 0.2) is 5.78 Å². The molecule has 3 rings (SSSR count). The van der Waals surface area contributed by atoms with Crippen molar-refractivity contribution in [3.05, 3.63) is 52.3 Å². The van der Waals surface area contributed by atoms with Gasteiger partial charge in [-0.3, -0.25) is 9.69 Å². The predicted molar refractivity (Wildman–Crippen MR) is 113 cm³/mol. The number of methoxy groups -OCH3 is 1. The highest BCUT2D eigenvalue weighted by atomic mass is 32.2. The van der Waals surface area contributed by atoms with Gasteiger partial charge in [0.05, 0.1) is 35.4 Å². The van der Waals surface area contributed by atoms with Crippen LogP contribution in [0.5, 0.6) is 0 Å². The summed E-state index contributed by atoms with van der Waals surface area (Å²) in [6.07, 6.45) is -4.55. The number of alkyl halides is 3. The number of Topliss-reactive ketones (excluding diaryl/α,β-unsaturated/α-hetero) is 1. The molecule has 1 fully saturated rings. The molecule has 0 atom stereocenters. The number of piperazine rings is 1. The summed E-state index contributed by atoms with van der Waals surface area (Å²) in [5.41, 5.74) is 0.707. The SMILES string of the molecule is COC(=O)c1c(C)[nH]c(C(=O)CN2CCN(S(=O)(=O)c3ccc(C(F)(F)F)cc3)CC2)c1C. The van der Waals surface area contributed by atoms with E-state index in [1.54, 1.807) is 18.7 Å². The van der Waals surface area contributed by atoms with Gasteiger partial charge in [-0.05, 0) is 43.7 Å². The van der Waals surface area contributed by atoms with Gasteiger partial charge in [0, 0.05) is 31.9 Å². The fourth-order valence-electron chi connectivity index (χ4n) is 3.81. The van der Waals surface area contributed by atoms with Gasteiger partial charge < -0.3 is 9.72 Å². The maximum absolute atomic E-state index is 12.8. The van der Waals surface area contributed by atoms with E-state index in [0.29, 0.717) is 22.5 Å². The van der Waals surface area contributed by atoms with Crippen LogP contribution in [0.15, 0.2) is 29.2 Å². The number of nitrogens with zero attached hydrogens (tertiary/aromatic N) is 2. The van der Waals surface area contributed by atoms with Gasteiger partial charge in [-0.15, -0.1) is 0 Å². The first-order valence-electron chi connectivity index (χ1n) is 10.1. The number of aromatic amines is 1. The van der Waals surface area contributed by atoms with Crippen LogP contribution in [-0.4, -0.2) is 74.2 Å². The van der Waals surface area contributed by atoms with Gasteiger partial charge in [0.1, 0.15) is 0 Å². The van der Waals surface area contributed by atoms with E-state index in [0.717, 1.165) is 24.3 Å². The van der Waals surface area contributed by atoms with E-state index >= 15 is 0 Å². The Kier molecular flexibility index (Phi) is 7.01. The smallest absolute Gasteiger partial charge is 0.416 e. The van der Waals surface area contributed by atoms with Gasteiger partial charge in [0.25, 0.3) is 0 Å². The number of esters is 1. The molecule has 0 aliphatic carbocycles. The monoisotopic (exact) mass is 487 g/mol. The minimum absolute atomic E-state index is 0.0234. The van der Waals surface area contributed by atoms with E-state index < -0.39 is 27.7 Å². The first-order valence-corrected chi connectivity index (χ1v) is 11.5. The molecule has 8 nitrogen and oxygen atoms in total. The third-order valence-electron chi connectivity index (χ3n) is 5.62. The highest BCUT2D eigenvalue weighted by molar-refractivity contribution is 7.89. The first kappa shape index (κ1) is 24.9. The second kappa shape index (κ2) is 9.27. The Morgan fingerprint density at radius 1 is 1.06 bits per heavy atom. The van der Waals surface area contributed by atoms with E-state index in [1.807, 2.05) is 0 Å². The molecule has 12 heteroatoms. The number of ketones is 1. The number of nitrogens with one attached hydrogen (secondary N) is 1. The van der Waals surface area contributed by atoms with Crippen LogP contribution in [-0.2, 0) is 20.9 Å². The molecule has 0 amide bonds. The number of ether oxygens (including phenoxy) is 1. The van der Waals surface area contributed by atoms with Crippen molar-refractivity contribution in [1.29, 1.82) is 0 Å². The van der Waals surface area contributed by atoms with E-state index in [1.165, 1.54) is 11.4 Å². The lowest BCUT2D eigenvalue weighted by molar-refractivity contribution is -0.137. The van der Waals surface area contributed by atoms with Crippen molar-refractivity contribution < 1.29 is 35.9 Å². The molecule has 1 N–H and O–H groups in total. The topological polar surface area (TPSA) is 99.8 Å². The van der Waals surface area contributed by atoms with Crippen LogP contribution < -0.4 is 0 Å². The molecule has 2 aromatic rings. The van der Waals surface area contributed by atoms with Crippen LogP contribution in [0.25, 0.3) is 0 Å². The Balaban J connectivity index is 1.64. The van der Waals surface area contributed by atoms with Crippen LogP contribution >= 0.6 is 0 Å². The van der Waals surface area contributed by atoms with Crippen molar-refractivity contribution in [2.75, 3.05) is 39.8 Å². The minimum atomic E-state index is -4.55. The third kappa shape index (κ3) is 5.12. The number of rotatable bonds is 6. The number of hydrogen-bond acceptors (Lipinski definition) is 6. The van der Waals surface area contributed by atoms with Crippen molar-refractivity contribution in [2.24, 2.45) is 0 Å². The predicted octanol–water partition coefficient (Wildman–Crippen LogP) is 2.63. The summed E-state index contributed by atoms with van der Waals surface area (Å²) in [6, 6.07) is 3.38. The zero-order valence-corrected chi connectivity index (χ0v) is 19.1. The summed E-state index contributed by atoms with van der Waals surface area (Å²) in [7, 11) is -2.70. The highest BCUT2D eigenvalue weighted by Gasteiger charge is 2.33. The Morgan fingerprint density at radius 2 is 1.64 bits per heavy atom. The maximum Gasteiger partial charge on any atom is 0.416 e. The zero-order valence-electron chi connectivity index (χ0n) is 18.3. The standard InChI is InChI=1S/C21H24F3N3O5S/c1-13-18(20(29)32-3)14(2)25-19(13)17(28)12-26-8-10-27(11-9-26)33(30,31)16-6-4-15(5-7-16)21(22,23)24/h4-7,25H,8-12H2,1-3H3. The molecule has 0 unspecified atom stereocenters. The van der Waals surface area contributed by atoms with Crippen LogP contribution in [0.4, 0.5) is 13.2 Å². The number of H-pyrrole nitrogens is 1. The molecule has 1 aliphatic rings. The fraction of sp³-hybridized carbons (Fsp3) is 0.429. The average molecular weight is 488 g/mol. The zero-order chi connectivity index (χ0) is 24.6. The fourth-order valence-corrected chi connectivity index (χ4v) is 5.23. The lowest BCUT2D eigenvalue weighted by Crippen LogP contribution is -2.49. The molecule has 1 saturated heterocycles. The molecule has 2 heterocycles. The highest BCUT2D eigenvalue weighted by Crippen LogP contribution is 2.30. The molecular formula is C21H24F3N3O5S. The number of aromatic nitrogens is 1. The van der Waals surface area contributed by atoms with Crippen LogP contribution in [0.3, 0.4) is 0 Å². The van der Waals surface area contributed by atoms with Crippen molar-refractivity contribution in [2.45, 2.75) is 24.9 Å². The number of carbonyl (C=O) groups is 2. The number of halogens is 3. The lowest BCUT2D eigenvalue weighted by atomic mass is 10.1. The maximum atomic E-state index is 12.8. The van der Waals surface area contributed by atoms with Gasteiger partial charge in [0.2, 0.25) is 10.0 Å². The van der Waals surface area contributed by atoms with Crippen molar-refractivity contribution in [3.63, 3.8) is 0 Å². The van der Waals surface area contributed by atoms with Crippen molar-refractivity contribution in [1.82, 2.24) is 14.2 Å². The number of carbonyl (C=O) groups excluding carboxylic acids is 2. The number of hydrogen-bond donors (Lipinski definition) is 1. The second-order valence-electron chi connectivity index (χ2n) is 7.74. The first-order chi connectivity index (χ1) is 15.4. The Morgan fingerprint density at radius 3 is 2.15 bits per heavy atom. The van der Waals surface area contributed by atoms with Gasteiger partial charge in [-0.25, -0.2) is 13.2 Å². The Hall–Kier alpha value is -2.70. The number of sulfonamides is 1. The Bertz CT molecular complexity index is 1150. The molecule has 180 valence electrons. The van der Waals surface area contributed by atoms with Crippen LogP contribution in [0.2, 0.25) is 0 Å². The Labute approximate surface area is 189 Å². The molecule has 33 heavy (non-hydrogen) atoms. The molecular weight excluding hydrogens is 463 g/mol. The number of benzene rings is 1. The molecule has 1 aliphatic heterocycles. The lowest BCUT2D eigenvalue weighted by Gasteiger charge is -2.33. The second-order valence-corrected chi connectivity index (χ2v) is 9.68.